The Morgan fingerprint density at radius 3 is 2.14 bits per heavy atom. The number of hydrogen-bond donors (Lipinski definition) is 0. The molecule has 0 atom stereocenters. The van der Waals surface area contributed by atoms with Crippen molar-refractivity contribution in [1.29, 1.82) is 0 Å². The highest BCUT2D eigenvalue weighted by Gasteiger charge is 2.17. The summed E-state index contributed by atoms with van der Waals surface area (Å²) in [5.74, 6) is 0.833. The first kappa shape index (κ1) is 15.8. The van der Waals surface area contributed by atoms with Crippen molar-refractivity contribution in [3.05, 3.63) is 83.3 Å². The predicted octanol–water partition coefficient (Wildman–Crippen LogP) is 7.11. The number of fused-ring (bicyclic) bond motifs is 7. The van der Waals surface area contributed by atoms with Gasteiger partial charge in [-0.3, -0.25) is 0 Å². The van der Waals surface area contributed by atoms with Gasteiger partial charge in [0.15, 0.2) is 5.58 Å². The van der Waals surface area contributed by atoms with E-state index in [4.69, 9.17) is 14.4 Å². The summed E-state index contributed by atoms with van der Waals surface area (Å²) in [7, 11) is 0. The first-order valence-corrected chi connectivity index (χ1v) is 9.84. The van der Waals surface area contributed by atoms with Crippen molar-refractivity contribution in [2.45, 2.75) is 0 Å². The molecule has 0 aliphatic carbocycles. The lowest BCUT2D eigenvalue weighted by atomic mass is 10.0. The molecule has 4 heteroatoms. The van der Waals surface area contributed by atoms with Crippen LogP contribution in [0.3, 0.4) is 0 Å². The summed E-state index contributed by atoms with van der Waals surface area (Å²) in [6, 6.07) is 26.5. The van der Waals surface area contributed by atoms with Gasteiger partial charge in [0.05, 0.1) is 11.0 Å². The van der Waals surface area contributed by atoms with Crippen LogP contribution in [0.4, 0.5) is 0 Å². The zero-order valence-corrected chi connectivity index (χ0v) is 16.3. The molecule has 0 N–H and O–H groups in total. The van der Waals surface area contributed by atoms with E-state index in [2.05, 4.69) is 46.3 Å². The molecule has 0 radical (unpaired) electrons. The van der Waals surface area contributed by atoms with Gasteiger partial charge in [0.1, 0.15) is 16.8 Å². The van der Waals surface area contributed by atoms with Crippen molar-refractivity contribution in [1.82, 2.24) is 9.97 Å². The van der Waals surface area contributed by atoms with Gasteiger partial charge in [-0.1, -0.05) is 64.5 Å². The molecule has 0 saturated carbocycles. The van der Waals surface area contributed by atoms with Gasteiger partial charge in [-0.2, -0.15) is 0 Å². The van der Waals surface area contributed by atoms with Gasteiger partial charge in [-0.05, 0) is 35.7 Å². The lowest BCUT2D eigenvalue weighted by Crippen LogP contribution is -1.90. The number of aromatic nitrogens is 2. The predicted molar refractivity (Wildman–Crippen MR) is 117 cm³/mol. The summed E-state index contributed by atoms with van der Waals surface area (Å²) in [5.41, 5.74) is 5.23. The van der Waals surface area contributed by atoms with Crippen LogP contribution in [0, 0.1) is 0 Å². The number of halogens is 1. The summed E-state index contributed by atoms with van der Waals surface area (Å²) in [5, 5.41) is 3.23. The van der Waals surface area contributed by atoms with Gasteiger partial charge < -0.3 is 4.42 Å². The molecule has 0 fully saturated rings. The second-order valence-electron chi connectivity index (χ2n) is 6.82. The van der Waals surface area contributed by atoms with Crippen molar-refractivity contribution in [3.63, 3.8) is 0 Å². The second kappa shape index (κ2) is 5.88. The molecule has 4 aromatic carbocycles. The van der Waals surface area contributed by atoms with Crippen LogP contribution in [0.1, 0.15) is 0 Å². The molecule has 28 heavy (non-hydrogen) atoms. The Labute approximate surface area is 168 Å². The molecular weight excluding hydrogens is 412 g/mol. The Kier molecular flexibility index (Phi) is 3.31. The monoisotopic (exact) mass is 424 g/mol. The molecule has 0 aliphatic rings. The Morgan fingerprint density at radius 1 is 0.643 bits per heavy atom. The number of hydrogen-bond acceptors (Lipinski definition) is 3. The SMILES string of the molecule is Brc1ccc2c(c1)c1cc(-c3ccccc3)oc1c1nc3ccccc3nc21. The zero-order chi connectivity index (χ0) is 18.7. The fourth-order valence-electron chi connectivity index (χ4n) is 3.80. The number of benzene rings is 4. The maximum atomic E-state index is 6.35. The summed E-state index contributed by atoms with van der Waals surface area (Å²) in [6.07, 6.45) is 0. The maximum absolute atomic E-state index is 6.35. The maximum Gasteiger partial charge on any atom is 0.163 e. The molecule has 0 bridgehead atoms. The standard InChI is InChI=1S/C24H13BrN2O/c25-15-10-11-16-17(12-15)18-13-21(14-6-2-1-3-7-14)28-24(18)23-22(16)26-19-8-4-5-9-20(19)27-23/h1-13H. The Balaban J connectivity index is 1.84. The van der Waals surface area contributed by atoms with Crippen LogP contribution in [0.2, 0.25) is 0 Å². The summed E-state index contributed by atoms with van der Waals surface area (Å²) >= 11 is 3.61. The van der Waals surface area contributed by atoms with Crippen molar-refractivity contribution >= 4 is 59.7 Å². The normalized spacial score (nSPS) is 11.8. The van der Waals surface area contributed by atoms with Crippen molar-refractivity contribution in [3.8, 4) is 11.3 Å². The van der Waals surface area contributed by atoms with Gasteiger partial charge in [0.2, 0.25) is 0 Å². The van der Waals surface area contributed by atoms with E-state index >= 15 is 0 Å². The Morgan fingerprint density at radius 2 is 1.36 bits per heavy atom. The summed E-state index contributed by atoms with van der Waals surface area (Å²) in [6.45, 7) is 0. The van der Waals surface area contributed by atoms with Crippen molar-refractivity contribution < 1.29 is 4.42 Å². The Bertz CT molecular complexity index is 1520. The quantitative estimate of drug-likeness (QED) is 0.208. The molecule has 0 amide bonds. The van der Waals surface area contributed by atoms with Crippen molar-refractivity contribution in [2.24, 2.45) is 0 Å². The highest BCUT2D eigenvalue weighted by atomic mass is 79.9. The smallest absolute Gasteiger partial charge is 0.163 e. The van der Waals surface area contributed by atoms with E-state index in [9.17, 15) is 0 Å². The third kappa shape index (κ3) is 2.28. The largest absolute Gasteiger partial charge is 0.454 e. The molecule has 2 aromatic heterocycles. The molecule has 0 unspecified atom stereocenters. The minimum Gasteiger partial charge on any atom is -0.454 e. The third-order valence-corrected chi connectivity index (χ3v) is 5.60. The van der Waals surface area contributed by atoms with Gasteiger partial charge in [0.25, 0.3) is 0 Å². The first-order valence-electron chi connectivity index (χ1n) is 9.05. The average molecular weight is 425 g/mol. The average Bonchev–Trinajstić information content (AvgIpc) is 3.19. The number of furan rings is 1. The molecule has 132 valence electrons. The third-order valence-electron chi connectivity index (χ3n) is 5.10. The van der Waals surface area contributed by atoms with Crippen LogP contribution in [0.25, 0.3) is 55.1 Å². The highest BCUT2D eigenvalue weighted by molar-refractivity contribution is 9.10. The van der Waals surface area contributed by atoms with Crippen LogP contribution >= 0.6 is 15.9 Å². The molecule has 6 rings (SSSR count). The molecule has 2 heterocycles. The van der Waals surface area contributed by atoms with Gasteiger partial charge >= 0.3 is 0 Å². The van der Waals surface area contributed by atoms with Crippen LogP contribution in [0.15, 0.2) is 87.8 Å². The van der Waals surface area contributed by atoms with E-state index < -0.39 is 0 Å². The van der Waals surface area contributed by atoms with Gasteiger partial charge in [-0.15, -0.1) is 0 Å². The fourth-order valence-corrected chi connectivity index (χ4v) is 4.16. The molecule has 0 saturated heterocycles. The van der Waals surface area contributed by atoms with Crippen LogP contribution in [0.5, 0.6) is 0 Å². The fraction of sp³-hybridized carbons (Fsp3) is 0. The summed E-state index contributed by atoms with van der Waals surface area (Å²) < 4.78 is 7.37. The van der Waals surface area contributed by atoms with Gasteiger partial charge in [0, 0.05) is 20.8 Å². The molecule has 0 aliphatic heterocycles. The van der Waals surface area contributed by atoms with Crippen molar-refractivity contribution in [2.75, 3.05) is 0 Å². The molecule has 0 spiro atoms. The lowest BCUT2D eigenvalue weighted by molar-refractivity contribution is 0.634. The number of para-hydroxylation sites is 2. The van der Waals surface area contributed by atoms with Crippen LogP contribution in [-0.4, -0.2) is 9.97 Å². The highest BCUT2D eigenvalue weighted by Crippen LogP contribution is 2.39. The van der Waals surface area contributed by atoms with E-state index in [1.165, 1.54) is 0 Å². The van der Waals surface area contributed by atoms with E-state index in [1.54, 1.807) is 0 Å². The topological polar surface area (TPSA) is 38.9 Å². The lowest BCUT2D eigenvalue weighted by Gasteiger charge is -2.07. The van der Waals surface area contributed by atoms with E-state index in [-0.39, 0.29) is 0 Å². The summed E-state index contributed by atoms with van der Waals surface area (Å²) in [4.78, 5) is 9.85. The number of rotatable bonds is 1. The van der Waals surface area contributed by atoms with E-state index in [1.807, 2.05) is 48.5 Å². The molecule has 6 aromatic rings. The molecule has 3 nitrogen and oxygen atoms in total. The Hall–Kier alpha value is -3.24. The molecular formula is C24H13BrN2O. The first-order chi connectivity index (χ1) is 13.8. The minimum atomic E-state index is 0.776. The van der Waals surface area contributed by atoms with E-state index in [0.717, 1.165) is 59.6 Å². The van der Waals surface area contributed by atoms with E-state index in [0.29, 0.717) is 0 Å². The van der Waals surface area contributed by atoms with Crippen LogP contribution in [-0.2, 0) is 0 Å². The second-order valence-corrected chi connectivity index (χ2v) is 7.73. The van der Waals surface area contributed by atoms with Gasteiger partial charge in [-0.25, -0.2) is 9.97 Å². The number of nitrogens with zero attached hydrogens (tertiary/aromatic N) is 2. The zero-order valence-electron chi connectivity index (χ0n) is 14.7. The minimum absolute atomic E-state index is 0.776. The van der Waals surface area contributed by atoms with Crippen LogP contribution < -0.4 is 0 Å².